The van der Waals surface area contributed by atoms with Crippen LogP contribution < -0.4 is 15.1 Å². The molecule has 2 heterocycles. The number of carbonyl (C=O) groups is 1. The van der Waals surface area contributed by atoms with Crippen molar-refractivity contribution in [1.82, 2.24) is 4.90 Å². The molecule has 1 aliphatic carbocycles. The first-order chi connectivity index (χ1) is 15.6. The molecule has 2 aliphatic heterocycles. The molecule has 2 saturated heterocycles. The van der Waals surface area contributed by atoms with Crippen LogP contribution in [0.5, 0.6) is 0 Å². The van der Waals surface area contributed by atoms with E-state index in [-0.39, 0.29) is 12.0 Å². The van der Waals surface area contributed by atoms with Gasteiger partial charge in [-0.3, -0.25) is 9.69 Å². The Morgan fingerprint density at radius 1 is 0.844 bits per heavy atom. The maximum Gasteiger partial charge on any atom is 0.255 e. The number of benzene rings is 2. The molecule has 0 aromatic heterocycles. The number of hydrogen-bond acceptors (Lipinski definition) is 5. The van der Waals surface area contributed by atoms with Crippen LogP contribution in [0, 0.1) is 5.92 Å². The van der Waals surface area contributed by atoms with Gasteiger partial charge in [-0.05, 0) is 74.1 Å². The van der Waals surface area contributed by atoms with E-state index in [0.29, 0.717) is 5.56 Å². The Balaban J connectivity index is 1.17. The molecular weight excluding hydrogens is 400 g/mol. The van der Waals surface area contributed by atoms with E-state index >= 15 is 0 Å². The van der Waals surface area contributed by atoms with Crippen molar-refractivity contribution in [3.8, 4) is 0 Å². The third-order valence-corrected chi connectivity index (χ3v) is 7.01. The zero-order valence-electron chi connectivity index (χ0n) is 18.7. The maximum atomic E-state index is 12.8. The number of carbonyl (C=O) groups excluding carboxylic acids is 1. The number of nitrogens with zero attached hydrogens (tertiary/aromatic N) is 3. The Morgan fingerprint density at radius 2 is 1.53 bits per heavy atom. The molecule has 170 valence electrons. The largest absolute Gasteiger partial charge is 0.393 e. The Hall–Kier alpha value is -2.57. The van der Waals surface area contributed by atoms with Crippen LogP contribution in [0.4, 0.5) is 17.1 Å². The van der Waals surface area contributed by atoms with E-state index < -0.39 is 0 Å². The summed E-state index contributed by atoms with van der Waals surface area (Å²) < 4.78 is 0. The lowest BCUT2D eigenvalue weighted by atomic mass is 10.1. The number of piperazine rings is 1. The number of rotatable bonds is 6. The normalized spacial score (nSPS) is 20.4. The molecule has 6 nitrogen and oxygen atoms in total. The molecule has 0 radical (unpaired) electrons. The highest BCUT2D eigenvalue weighted by molar-refractivity contribution is 6.04. The van der Waals surface area contributed by atoms with Gasteiger partial charge in [-0.1, -0.05) is 6.07 Å². The molecule has 32 heavy (non-hydrogen) atoms. The van der Waals surface area contributed by atoms with Crippen molar-refractivity contribution in [1.29, 1.82) is 0 Å². The predicted molar refractivity (Wildman–Crippen MR) is 130 cm³/mol. The molecule has 3 aliphatic rings. The fourth-order valence-corrected chi connectivity index (χ4v) is 4.79. The first kappa shape index (κ1) is 21.3. The summed E-state index contributed by atoms with van der Waals surface area (Å²) in [6.07, 6.45) is 4.24. The molecule has 5 rings (SSSR count). The second kappa shape index (κ2) is 9.51. The highest BCUT2D eigenvalue weighted by Gasteiger charge is 2.26. The summed E-state index contributed by atoms with van der Waals surface area (Å²) in [5, 5.41) is 12.8. The summed E-state index contributed by atoms with van der Waals surface area (Å²) in [5.41, 5.74) is 3.78. The van der Waals surface area contributed by atoms with E-state index in [4.69, 9.17) is 0 Å². The van der Waals surface area contributed by atoms with Gasteiger partial charge in [0.15, 0.2) is 0 Å². The number of amides is 1. The first-order valence-electron chi connectivity index (χ1n) is 12.1. The van der Waals surface area contributed by atoms with Gasteiger partial charge < -0.3 is 20.2 Å². The quantitative estimate of drug-likeness (QED) is 0.730. The number of aliphatic hydroxyl groups is 1. The van der Waals surface area contributed by atoms with Gasteiger partial charge >= 0.3 is 0 Å². The van der Waals surface area contributed by atoms with Crippen molar-refractivity contribution in [3.63, 3.8) is 0 Å². The lowest BCUT2D eigenvalue weighted by Crippen LogP contribution is -2.47. The van der Waals surface area contributed by atoms with Crippen molar-refractivity contribution in [3.05, 3.63) is 54.1 Å². The molecule has 2 N–H and O–H groups in total. The summed E-state index contributed by atoms with van der Waals surface area (Å²) in [7, 11) is 0. The summed E-state index contributed by atoms with van der Waals surface area (Å²) in [5.74, 6) is 0.860. The Morgan fingerprint density at radius 3 is 2.22 bits per heavy atom. The lowest BCUT2D eigenvalue weighted by molar-refractivity contribution is 0.102. The summed E-state index contributed by atoms with van der Waals surface area (Å²) >= 11 is 0. The van der Waals surface area contributed by atoms with Gasteiger partial charge in [0.05, 0.1) is 6.10 Å². The van der Waals surface area contributed by atoms with Gasteiger partial charge in [0.1, 0.15) is 0 Å². The van der Waals surface area contributed by atoms with E-state index in [9.17, 15) is 9.90 Å². The average Bonchev–Trinajstić information content (AvgIpc) is 3.64. The van der Waals surface area contributed by atoms with Crippen molar-refractivity contribution in [2.45, 2.75) is 31.8 Å². The molecule has 0 unspecified atom stereocenters. The molecule has 2 aromatic rings. The molecule has 3 fully saturated rings. The first-order valence-corrected chi connectivity index (χ1v) is 12.1. The van der Waals surface area contributed by atoms with Crippen LogP contribution in [0.25, 0.3) is 0 Å². The minimum absolute atomic E-state index is 0.0861. The summed E-state index contributed by atoms with van der Waals surface area (Å²) in [6.45, 7) is 7.30. The lowest BCUT2D eigenvalue weighted by Gasteiger charge is -2.36. The van der Waals surface area contributed by atoms with Gasteiger partial charge in [-0.15, -0.1) is 0 Å². The molecule has 0 bridgehead atoms. The second-order valence-corrected chi connectivity index (χ2v) is 9.50. The highest BCUT2D eigenvalue weighted by Crippen LogP contribution is 2.30. The predicted octanol–water partition coefficient (Wildman–Crippen LogP) is 3.43. The zero-order chi connectivity index (χ0) is 21.9. The van der Waals surface area contributed by atoms with Crippen LogP contribution in [0.3, 0.4) is 0 Å². The molecule has 1 amide bonds. The SMILES string of the molecule is O=C(Nc1cccc(N2CCN(CC3CC3)CC2)c1)c1ccc(N2CCC(O)CC2)cc1. The number of anilines is 3. The van der Waals surface area contributed by atoms with Gasteiger partial charge in [0.2, 0.25) is 0 Å². The van der Waals surface area contributed by atoms with E-state index in [2.05, 4.69) is 32.1 Å². The third kappa shape index (κ3) is 5.25. The van der Waals surface area contributed by atoms with Crippen LogP contribution in [-0.4, -0.2) is 67.8 Å². The van der Waals surface area contributed by atoms with E-state index in [1.54, 1.807) is 0 Å². The van der Waals surface area contributed by atoms with Crippen LogP contribution in [0.2, 0.25) is 0 Å². The second-order valence-electron chi connectivity index (χ2n) is 9.50. The van der Waals surface area contributed by atoms with Gasteiger partial charge in [-0.25, -0.2) is 0 Å². The van der Waals surface area contributed by atoms with Crippen molar-refractivity contribution < 1.29 is 9.90 Å². The summed E-state index contributed by atoms with van der Waals surface area (Å²) in [6, 6.07) is 16.0. The molecule has 2 aromatic carbocycles. The Kier molecular flexibility index (Phi) is 6.32. The molecule has 0 atom stereocenters. The average molecular weight is 435 g/mol. The van der Waals surface area contributed by atoms with Gasteiger partial charge in [-0.2, -0.15) is 0 Å². The Labute approximate surface area is 190 Å². The molecular formula is C26H34N4O2. The minimum Gasteiger partial charge on any atom is -0.393 e. The monoisotopic (exact) mass is 434 g/mol. The number of nitrogens with one attached hydrogen (secondary N) is 1. The third-order valence-electron chi connectivity index (χ3n) is 7.01. The number of aliphatic hydroxyl groups excluding tert-OH is 1. The topological polar surface area (TPSA) is 59.1 Å². The van der Waals surface area contributed by atoms with Crippen LogP contribution in [-0.2, 0) is 0 Å². The minimum atomic E-state index is -0.182. The fraction of sp³-hybridized carbons (Fsp3) is 0.500. The van der Waals surface area contributed by atoms with E-state index in [1.165, 1.54) is 25.1 Å². The standard InChI is InChI=1S/C26H34N4O2/c31-25-10-12-29(13-11-25)23-8-6-21(7-9-23)26(32)27-22-2-1-3-24(18-22)30-16-14-28(15-17-30)19-20-4-5-20/h1-3,6-9,18,20,25,31H,4-5,10-17,19H2,(H,27,32). The van der Waals surface area contributed by atoms with Gasteiger partial charge in [0.25, 0.3) is 5.91 Å². The zero-order valence-corrected chi connectivity index (χ0v) is 18.7. The van der Waals surface area contributed by atoms with Crippen molar-refractivity contribution in [2.75, 3.05) is 60.9 Å². The summed E-state index contributed by atoms with van der Waals surface area (Å²) in [4.78, 5) is 20.1. The molecule has 0 spiro atoms. The van der Waals surface area contributed by atoms with Gasteiger partial charge in [0, 0.05) is 68.4 Å². The van der Waals surface area contributed by atoms with Crippen LogP contribution >= 0.6 is 0 Å². The number of piperidine rings is 1. The molecule has 6 heteroatoms. The van der Waals surface area contributed by atoms with Crippen molar-refractivity contribution >= 4 is 23.0 Å². The van der Waals surface area contributed by atoms with E-state index in [1.807, 2.05) is 36.4 Å². The molecule has 1 saturated carbocycles. The maximum absolute atomic E-state index is 12.8. The highest BCUT2D eigenvalue weighted by atomic mass is 16.3. The van der Waals surface area contributed by atoms with E-state index in [0.717, 1.165) is 69.4 Å². The smallest absolute Gasteiger partial charge is 0.255 e. The number of hydrogen-bond donors (Lipinski definition) is 2. The Bertz CT molecular complexity index is 912. The fourth-order valence-electron chi connectivity index (χ4n) is 4.79. The van der Waals surface area contributed by atoms with Crippen molar-refractivity contribution in [2.24, 2.45) is 5.92 Å². The van der Waals surface area contributed by atoms with Crippen LogP contribution in [0.15, 0.2) is 48.5 Å². The van der Waals surface area contributed by atoms with Crippen LogP contribution in [0.1, 0.15) is 36.0 Å².